The summed E-state index contributed by atoms with van der Waals surface area (Å²) >= 11 is 0. The minimum absolute atomic E-state index is 0.0371. The zero-order valence-corrected chi connectivity index (χ0v) is 20.4. The highest BCUT2D eigenvalue weighted by Crippen LogP contribution is 2.46. The van der Waals surface area contributed by atoms with Crippen LogP contribution in [0.15, 0.2) is 71.9 Å². The van der Waals surface area contributed by atoms with Gasteiger partial charge in [0.05, 0.1) is 23.5 Å². The lowest BCUT2D eigenvalue weighted by Crippen LogP contribution is -2.35. The van der Waals surface area contributed by atoms with Crippen LogP contribution in [0.2, 0.25) is 0 Å². The minimum Gasteiger partial charge on any atom is -0.340 e. The molecule has 8 heteroatoms. The summed E-state index contributed by atoms with van der Waals surface area (Å²) in [5.74, 6) is 0.821. The number of amides is 1. The highest BCUT2D eigenvalue weighted by Gasteiger charge is 2.46. The van der Waals surface area contributed by atoms with E-state index < -0.39 is 5.54 Å². The first kappa shape index (κ1) is 22.4. The van der Waals surface area contributed by atoms with Crippen LogP contribution in [0.4, 0.5) is 0 Å². The fourth-order valence-electron chi connectivity index (χ4n) is 5.09. The van der Waals surface area contributed by atoms with Crippen molar-refractivity contribution in [1.82, 2.24) is 29.6 Å². The van der Waals surface area contributed by atoms with Gasteiger partial charge in [0.25, 0.3) is 11.5 Å². The fraction of sp³-hybridized carbons (Fsp3) is 0.321. The Kier molecular flexibility index (Phi) is 5.32. The van der Waals surface area contributed by atoms with Crippen molar-refractivity contribution in [3.63, 3.8) is 0 Å². The van der Waals surface area contributed by atoms with E-state index in [4.69, 9.17) is 0 Å². The molecule has 2 aromatic carbocycles. The molecule has 1 aliphatic carbocycles. The number of carbonyl (C=O) groups is 1. The predicted octanol–water partition coefficient (Wildman–Crippen LogP) is 4.04. The molecule has 36 heavy (non-hydrogen) atoms. The fourth-order valence-corrected chi connectivity index (χ4v) is 5.09. The van der Waals surface area contributed by atoms with Crippen LogP contribution in [0.5, 0.6) is 0 Å². The summed E-state index contributed by atoms with van der Waals surface area (Å²) in [6.45, 7) is 3.92. The number of hydrogen-bond donors (Lipinski definition) is 1. The molecule has 3 heterocycles. The largest absolute Gasteiger partial charge is 0.340 e. The van der Waals surface area contributed by atoms with E-state index in [0.717, 1.165) is 42.6 Å². The lowest BCUT2D eigenvalue weighted by molar-refractivity contribution is 0.0919. The standard InChI is InChI=1S/C28H28N6O2/c1-18(2)33-17-29-16-22(27(33)36)19-8-10-21(11-9-19)28(14-15-28)31-26(35)25-30-24-13-12-23(34(24)32-25)20-6-4-3-5-7-20/h3-11,16-18,23H,12-15H2,1-2H3,(H,31,35)/t23-/m0/s1. The summed E-state index contributed by atoms with van der Waals surface area (Å²) in [6, 6.07) is 18.2. The van der Waals surface area contributed by atoms with Gasteiger partial charge in [-0.1, -0.05) is 54.6 Å². The van der Waals surface area contributed by atoms with Gasteiger partial charge in [0, 0.05) is 18.7 Å². The van der Waals surface area contributed by atoms with E-state index in [9.17, 15) is 9.59 Å². The van der Waals surface area contributed by atoms with Gasteiger partial charge < -0.3 is 5.32 Å². The monoisotopic (exact) mass is 480 g/mol. The number of nitrogens with one attached hydrogen (secondary N) is 1. The summed E-state index contributed by atoms with van der Waals surface area (Å²) in [5.41, 5.74) is 3.10. The maximum absolute atomic E-state index is 13.2. The molecular weight excluding hydrogens is 452 g/mol. The summed E-state index contributed by atoms with van der Waals surface area (Å²) < 4.78 is 3.53. The molecule has 8 nitrogen and oxygen atoms in total. The number of aromatic nitrogens is 5. The molecule has 2 aliphatic rings. The summed E-state index contributed by atoms with van der Waals surface area (Å²) in [7, 11) is 0. The van der Waals surface area contributed by atoms with Gasteiger partial charge in [-0.2, -0.15) is 0 Å². The SMILES string of the molecule is CC(C)n1cncc(-c2ccc(C3(NC(=O)c4nc5n(n4)[C@H](c4ccccc4)CC5)CC3)cc2)c1=O. The summed E-state index contributed by atoms with van der Waals surface area (Å²) in [6.07, 6.45) is 6.63. The number of aryl methyl sites for hydroxylation is 1. The van der Waals surface area contributed by atoms with Crippen molar-refractivity contribution in [2.24, 2.45) is 0 Å². The van der Waals surface area contributed by atoms with Crippen LogP contribution in [-0.4, -0.2) is 30.2 Å². The first-order valence-electron chi connectivity index (χ1n) is 12.5. The molecule has 0 spiro atoms. The molecule has 0 radical (unpaired) electrons. The van der Waals surface area contributed by atoms with Crippen molar-refractivity contribution in [2.75, 3.05) is 0 Å². The van der Waals surface area contributed by atoms with Crippen molar-refractivity contribution in [1.29, 1.82) is 0 Å². The van der Waals surface area contributed by atoms with Crippen molar-refractivity contribution in [3.05, 3.63) is 100 Å². The molecule has 1 fully saturated rings. The van der Waals surface area contributed by atoms with Crippen LogP contribution in [0.1, 0.15) is 72.8 Å². The smallest absolute Gasteiger partial charge is 0.291 e. The number of hydrogen-bond acceptors (Lipinski definition) is 5. The van der Waals surface area contributed by atoms with Crippen LogP contribution < -0.4 is 10.9 Å². The van der Waals surface area contributed by atoms with E-state index >= 15 is 0 Å². The van der Waals surface area contributed by atoms with Gasteiger partial charge in [0.15, 0.2) is 0 Å². The highest BCUT2D eigenvalue weighted by molar-refractivity contribution is 5.91. The molecule has 1 amide bonds. The van der Waals surface area contributed by atoms with E-state index in [1.807, 2.05) is 61.0 Å². The molecule has 4 aromatic rings. The lowest BCUT2D eigenvalue weighted by atomic mass is 10.0. The molecule has 6 rings (SSSR count). The number of benzene rings is 2. The number of fused-ring (bicyclic) bond motifs is 1. The Labute approximate surface area is 209 Å². The Balaban J connectivity index is 1.21. The van der Waals surface area contributed by atoms with Gasteiger partial charge in [0.1, 0.15) is 5.82 Å². The van der Waals surface area contributed by atoms with Gasteiger partial charge in [-0.3, -0.25) is 14.2 Å². The van der Waals surface area contributed by atoms with Gasteiger partial charge in [-0.05, 0) is 49.8 Å². The Morgan fingerprint density at radius 2 is 1.83 bits per heavy atom. The van der Waals surface area contributed by atoms with E-state index in [1.165, 1.54) is 5.56 Å². The quantitative estimate of drug-likeness (QED) is 0.450. The van der Waals surface area contributed by atoms with Crippen LogP contribution in [-0.2, 0) is 12.0 Å². The molecular formula is C28H28N6O2. The van der Waals surface area contributed by atoms with Gasteiger partial charge >= 0.3 is 0 Å². The lowest BCUT2D eigenvalue weighted by Gasteiger charge is -2.18. The molecule has 1 atom stereocenters. The first-order valence-corrected chi connectivity index (χ1v) is 12.5. The second kappa shape index (κ2) is 8.55. The van der Waals surface area contributed by atoms with Crippen LogP contribution in [0.25, 0.3) is 11.1 Å². The van der Waals surface area contributed by atoms with Crippen molar-refractivity contribution in [3.8, 4) is 11.1 Å². The van der Waals surface area contributed by atoms with Crippen molar-refractivity contribution in [2.45, 2.75) is 57.2 Å². The number of carbonyl (C=O) groups excluding carboxylic acids is 1. The molecule has 1 N–H and O–H groups in total. The number of nitrogens with zero attached hydrogens (tertiary/aromatic N) is 5. The maximum atomic E-state index is 13.2. The second-order valence-corrected chi connectivity index (χ2v) is 9.99. The Morgan fingerprint density at radius 1 is 1.08 bits per heavy atom. The van der Waals surface area contributed by atoms with E-state index in [2.05, 4.69) is 32.5 Å². The normalized spacial score (nSPS) is 17.7. The zero-order chi connectivity index (χ0) is 24.9. The molecule has 1 saturated carbocycles. The predicted molar refractivity (Wildman–Crippen MR) is 136 cm³/mol. The van der Waals surface area contributed by atoms with E-state index in [0.29, 0.717) is 5.56 Å². The van der Waals surface area contributed by atoms with Gasteiger partial charge in [-0.25, -0.2) is 14.6 Å². The Bertz CT molecular complexity index is 1480. The molecule has 1 aliphatic heterocycles. The average molecular weight is 481 g/mol. The zero-order valence-electron chi connectivity index (χ0n) is 20.4. The first-order chi connectivity index (χ1) is 17.4. The molecule has 0 unspecified atom stereocenters. The minimum atomic E-state index is -0.419. The Morgan fingerprint density at radius 3 is 2.53 bits per heavy atom. The third kappa shape index (κ3) is 3.82. The molecule has 0 bridgehead atoms. The van der Waals surface area contributed by atoms with Gasteiger partial charge in [-0.15, -0.1) is 5.10 Å². The number of rotatable bonds is 6. The molecule has 0 saturated heterocycles. The maximum Gasteiger partial charge on any atom is 0.291 e. The third-order valence-corrected chi connectivity index (χ3v) is 7.29. The molecule has 182 valence electrons. The average Bonchev–Trinajstić information content (AvgIpc) is 3.37. The molecule has 2 aromatic heterocycles. The third-order valence-electron chi connectivity index (χ3n) is 7.29. The summed E-state index contributed by atoms with van der Waals surface area (Å²) in [4.78, 5) is 34.8. The van der Waals surface area contributed by atoms with Crippen LogP contribution >= 0.6 is 0 Å². The highest BCUT2D eigenvalue weighted by atomic mass is 16.2. The van der Waals surface area contributed by atoms with Crippen molar-refractivity contribution >= 4 is 5.91 Å². The van der Waals surface area contributed by atoms with E-state index in [-0.39, 0.29) is 29.4 Å². The van der Waals surface area contributed by atoms with Crippen LogP contribution in [0, 0.1) is 0 Å². The second-order valence-electron chi connectivity index (χ2n) is 9.99. The Hall–Kier alpha value is -4.07. The van der Waals surface area contributed by atoms with Gasteiger partial charge in [0.2, 0.25) is 5.82 Å². The van der Waals surface area contributed by atoms with Crippen molar-refractivity contribution < 1.29 is 4.79 Å². The summed E-state index contributed by atoms with van der Waals surface area (Å²) in [5, 5.41) is 7.77. The van der Waals surface area contributed by atoms with Crippen LogP contribution in [0.3, 0.4) is 0 Å². The van der Waals surface area contributed by atoms with E-state index in [1.54, 1.807) is 17.1 Å². The topological polar surface area (TPSA) is 94.7 Å².